The van der Waals surface area contributed by atoms with Crippen LogP contribution in [0.4, 0.5) is 27.5 Å². The van der Waals surface area contributed by atoms with Gasteiger partial charge < -0.3 is 15.7 Å². The van der Waals surface area contributed by atoms with Gasteiger partial charge in [-0.3, -0.25) is 0 Å². The quantitative estimate of drug-likeness (QED) is 0.494. The number of nitrogens with zero attached hydrogens (tertiary/aromatic N) is 2. The van der Waals surface area contributed by atoms with Crippen molar-refractivity contribution in [3.05, 3.63) is 60.0 Å². The molecule has 0 unspecified atom stereocenters. The molecular weight excluding hydrogens is 373 g/mol. The molecule has 1 aromatic heterocycles. The van der Waals surface area contributed by atoms with Crippen LogP contribution in [0.25, 0.3) is 0 Å². The fraction of sp³-hybridized carbons (Fsp3) is 0.0588. The molecule has 0 saturated heterocycles. The maximum atomic E-state index is 14.0. The monoisotopic (exact) mass is 389 g/mol. The average molecular weight is 389 g/mol. The second kappa shape index (κ2) is 7.17. The van der Waals surface area contributed by atoms with E-state index in [1.807, 2.05) is 0 Å². The number of anilines is 4. The van der Waals surface area contributed by atoms with E-state index in [9.17, 15) is 17.9 Å². The Balaban J connectivity index is 1.87. The number of halogens is 1. The van der Waals surface area contributed by atoms with Crippen molar-refractivity contribution in [2.75, 3.05) is 10.6 Å². The summed E-state index contributed by atoms with van der Waals surface area (Å²) in [5.74, 6) is -0.627. The number of primary sulfonamides is 1. The zero-order chi connectivity index (χ0) is 19.6. The number of nitrogens with one attached hydrogen (secondary N) is 2. The van der Waals surface area contributed by atoms with Crippen LogP contribution in [0.1, 0.15) is 5.56 Å². The minimum absolute atomic E-state index is 0.0305. The highest BCUT2D eigenvalue weighted by molar-refractivity contribution is 7.89. The molecule has 0 radical (unpaired) electrons. The Bertz CT molecular complexity index is 1090. The molecule has 3 rings (SSSR count). The van der Waals surface area contributed by atoms with Gasteiger partial charge in [-0.25, -0.2) is 22.9 Å². The van der Waals surface area contributed by atoms with E-state index in [4.69, 9.17) is 5.14 Å². The lowest BCUT2D eigenvalue weighted by molar-refractivity contribution is 0.475. The zero-order valence-electron chi connectivity index (χ0n) is 14.1. The van der Waals surface area contributed by atoms with E-state index in [0.717, 1.165) is 6.20 Å². The number of aromatic hydroxyl groups is 1. The van der Waals surface area contributed by atoms with E-state index in [1.165, 1.54) is 18.2 Å². The van der Waals surface area contributed by atoms with Crippen LogP contribution in [-0.2, 0) is 10.0 Å². The van der Waals surface area contributed by atoms with E-state index in [-0.39, 0.29) is 22.4 Å². The number of phenols is 1. The van der Waals surface area contributed by atoms with Crippen LogP contribution < -0.4 is 15.8 Å². The molecule has 27 heavy (non-hydrogen) atoms. The molecule has 0 aliphatic rings. The minimum Gasteiger partial charge on any atom is -0.508 e. The van der Waals surface area contributed by atoms with Gasteiger partial charge in [0.25, 0.3) is 0 Å². The highest BCUT2D eigenvalue weighted by Gasteiger charge is 2.13. The van der Waals surface area contributed by atoms with Crippen molar-refractivity contribution < 1.29 is 17.9 Å². The third-order valence-electron chi connectivity index (χ3n) is 3.62. The average Bonchev–Trinajstić information content (AvgIpc) is 2.60. The summed E-state index contributed by atoms with van der Waals surface area (Å²) in [5, 5.41) is 20.1. The fourth-order valence-corrected chi connectivity index (χ4v) is 3.12. The number of hydrogen-bond acceptors (Lipinski definition) is 7. The molecule has 0 aliphatic heterocycles. The molecule has 0 atom stereocenters. The van der Waals surface area contributed by atoms with E-state index < -0.39 is 15.8 Å². The van der Waals surface area contributed by atoms with Crippen molar-refractivity contribution >= 4 is 33.2 Å². The Labute approximate surface area is 155 Å². The SMILES string of the molecule is Cc1ccc(Nc2ncc(F)c(Nc3ccc(O)cc3)n2)cc1S(N)(=O)=O. The minimum atomic E-state index is -3.88. The summed E-state index contributed by atoms with van der Waals surface area (Å²) >= 11 is 0. The molecule has 140 valence electrons. The van der Waals surface area contributed by atoms with Gasteiger partial charge in [0.15, 0.2) is 11.6 Å². The topological polar surface area (TPSA) is 130 Å². The maximum absolute atomic E-state index is 14.0. The Morgan fingerprint density at radius 1 is 1.07 bits per heavy atom. The second-order valence-electron chi connectivity index (χ2n) is 5.71. The van der Waals surface area contributed by atoms with E-state index in [2.05, 4.69) is 20.6 Å². The van der Waals surface area contributed by atoms with Crippen molar-refractivity contribution in [2.45, 2.75) is 11.8 Å². The Morgan fingerprint density at radius 2 is 1.74 bits per heavy atom. The molecule has 0 amide bonds. The zero-order valence-corrected chi connectivity index (χ0v) is 15.0. The van der Waals surface area contributed by atoms with Crippen molar-refractivity contribution in [3.63, 3.8) is 0 Å². The molecule has 0 bridgehead atoms. The molecule has 8 nitrogen and oxygen atoms in total. The number of nitrogens with two attached hydrogens (primary N) is 1. The van der Waals surface area contributed by atoms with Crippen LogP contribution in [0.5, 0.6) is 5.75 Å². The summed E-state index contributed by atoms with van der Waals surface area (Å²) in [6, 6.07) is 10.6. The van der Waals surface area contributed by atoms with Crippen molar-refractivity contribution in [1.82, 2.24) is 9.97 Å². The Hall–Kier alpha value is -3.24. The second-order valence-corrected chi connectivity index (χ2v) is 7.24. The van der Waals surface area contributed by atoms with Crippen LogP contribution in [0.2, 0.25) is 0 Å². The first-order valence-corrected chi connectivity index (χ1v) is 9.26. The van der Waals surface area contributed by atoms with Gasteiger partial charge in [-0.2, -0.15) is 4.98 Å². The van der Waals surface area contributed by atoms with Gasteiger partial charge in [0.05, 0.1) is 11.1 Å². The summed E-state index contributed by atoms with van der Waals surface area (Å²) in [5.41, 5.74) is 1.40. The van der Waals surface area contributed by atoms with Crippen molar-refractivity contribution in [1.29, 1.82) is 0 Å². The summed E-state index contributed by atoms with van der Waals surface area (Å²) in [6.45, 7) is 1.62. The predicted octanol–water partition coefficient (Wildman–Crippen LogP) is 2.76. The van der Waals surface area contributed by atoms with Gasteiger partial charge in [-0.05, 0) is 48.9 Å². The standard InChI is InChI=1S/C17H16FN5O3S/c1-10-2-3-12(8-15(10)27(19,25)26)22-17-20-9-14(18)16(23-17)21-11-4-6-13(24)7-5-11/h2-9,24H,1H3,(H2,19,25,26)(H2,20,21,22,23). The maximum Gasteiger partial charge on any atom is 0.238 e. The molecule has 0 fully saturated rings. The molecule has 0 spiro atoms. The summed E-state index contributed by atoms with van der Waals surface area (Å²) in [4.78, 5) is 7.86. The first-order valence-electron chi connectivity index (χ1n) is 7.71. The van der Waals surface area contributed by atoms with Crippen LogP contribution in [-0.4, -0.2) is 23.5 Å². The molecule has 3 aromatic rings. The Morgan fingerprint density at radius 3 is 2.41 bits per heavy atom. The number of sulfonamides is 1. The number of aryl methyl sites for hydroxylation is 1. The first-order chi connectivity index (χ1) is 12.7. The third kappa shape index (κ3) is 4.49. The molecule has 0 saturated carbocycles. The lowest BCUT2D eigenvalue weighted by atomic mass is 10.2. The summed E-state index contributed by atoms with van der Waals surface area (Å²) < 4.78 is 37.2. The molecular formula is C17H16FN5O3S. The highest BCUT2D eigenvalue weighted by Crippen LogP contribution is 2.24. The van der Waals surface area contributed by atoms with Crippen LogP contribution in [0, 0.1) is 12.7 Å². The molecule has 5 N–H and O–H groups in total. The highest BCUT2D eigenvalue weighted by atomic mass is 32.2. The molecule has 0 aliphatic carbocycles. The normalized spacial score (nSPS) is 11.2. The van der Waals surface area contributed by atoms with E-state index in [0.29, 0.717) is 16.9 Å². The lowest BCUT2D eigenvalue weighted by Crippen LogP contribution is -2.14. The van der Waals surface area contributed by atoms with Gasteiger partial charge in [0.1, 0.15) is 5.75 Å². The summed E-state index contributed by atoms with van der Waals surface area (Å²) in [6.07, 6.45) is 0.979. The number of benzene rings is 2. The van der Waals surface area contributed by atoms with Gasteiger partial charge in [-0.15, -0.1) is 0 Å². The third-order valence-corrected chi connectivity index (χ3v) is 4.68. The van der Waals surface area contributed by atoms with Gasteiger partial charge in [-0.1, -0.05) is 6.07 Å². The van der Waals surface area contributed by atoms with Crippen molar-refractivity contribution in [2.24, 2.45) is 5.14 Å². The lowest BCUT2D eigenvalue weighted by Gasteiger charge is -2.11. The van der Waals surface area contributed by atoms with Crippen LogP contribution >= 0.6 is 0 Å². The van der Waals surface area contributed by atoms with Gasteiger partial charge >= 0.3 is 0 Å². The molecule has 1 heterocycles. The predicted molar refractivity (Wildman–Crippen MR) is 99.2 cm³/mol. The number of aromatic nitrogens is 2. The van der Waals surface area contributed by atoms with Gasteiger partial charge in [0, 0.05) is 11.4 Å². The van der Waals surface area contributed by atoms with Crippen LogP contribution in [0.3, 0.4) is 0 Å². The summed E-state index contributed by atoms with van der Waals surface area (Å²) in [7, 11) is -3.88. The van der Waals surface area contributed by atoms with Crippen molar-refractivity contribution in [3.8, 4) is 5.75 Å². The number of hydrogen-bond donors (Lipinski definition) is 4. The van der Waals surface area contributed by atoms with Crippen LogP contribution in [0.15, 0.2) is 53.6 Å². The first kappa shape index (κ1) is 18.5. The fourth-order valence-electron chi connectivity index (χ4n) is 2.31. The molecule has 10 heteroatoms. The molecule has 2 aromatic carbocycles. The smallest absolute Gasteiger partial charge is 0.238 e. The van der Waals surface area contributed by atoms with E-state index >= 15 is 0 Å². The van der Waals surface area contributed by atoms with Gasteiger partial charge in [0.2, 0.25) is 16.0 Å². The number of rotatable bonds is 5. The number of phenolic OH excluding ortho intramolecular Hbond substituents is 1. The Kier molecular flexibility index (Phi) is 4.93. The van der Waals surface area contributed by atoms with E-state index in [1.54, 1.807) is 31.2 Å². The largest absolute Gasteiger partial charge is 0.508 e.